The summed E-state index contributed by atoms with van der Waals surface area (Å²) in [5.74, 6) is 0.153. The molecule has 9 nitrogen and oxygen atoms in total. The predicted octanol–water partition coefficient (Wildman–Crippen LogP) is 1.72. The van der Waals surface area contributed by atoms with Crippen LogP contribution < -0.4 is 10.3 Å². The van der Waals surface area contributed by atoms with Crippen molar-refractivity contribution < 1.29 is 9.53 Å². The normalized spacial score (nSPS) is 14.6. The highest BCUT2D eigenvalue weighted by Gasteiger charge is 2.12. The van der Waals surface area contributed by atoms with Crippen molar-refractivity contribution in [2.45, 2.75) is 13.5 Å². The number of morpholine rings is 1. The number of ether oxygens (including phenoxy) is 1. The topological polar surface area (TPSA) is 97.5 Å². The Morgan fingerprint density at radius 2 is 1.83 bits per heavy atom. The number of benzene rings is 2. The first-order valence-corrected chi connectivity index (χ1v) is 9.78. The van der Waals surface area contributed by atoms with Crippen molar-refractivity contribution in [1.82, 2.24) is 25.6 Å². The summed E-state index contributed by atoms with van der Waals surface area (Å²) in [5.41, 5.74) is 6.21. The maximum Gasteiger partial charge on any atom is 0.263 e. The van der Waals surface area contributed by atoms with E-state index < -0.39 is 0 Å². The fourth-order valence-corrected chi connectivity index (χ4v) is 3.12. The molecule has 3 aromatic rings. The highest BCUT2D eigenvalue weighted by atomic mass is 16.5. The van der Waals surface area contributed by atoms with Crippen molar-refractivity contribution in [3.05, 3.63) is 60.2 Å². The summed E-state index contributed by atoms with van der Waals surface area (Å²) < 4.78 is 5.39. The van der Waals surface area contributed by atoms with E-state index in [-0.39, 0.29) is 12.5 Å². The number of nitrogens with zero attached hydrogens (tertiary/aromatic N) is 6. The van der Waals surface area contributed by atoms with Crippen LogP contribution in [0.25, 0.3) is 11.4 Å². The fraction of sp³-hybridized carbons (Fsp3) is 0.286. The van der Waals surface area contributed by atoms with Gasteiger partial charge in [0.2, 0.25) is 5.82 Å². The first kappa shape index (κ1) is 19.7. The molecular formula is C21H23N7O2. The van der Waals surface area contributed by atoms with Crippen molar-refractivity contribution in [2.24, 2.45) is 5.10 Å². The zero-order valence-corrected chi connectivity index (χ0v) is 16.7. The molecular weight excluding hydrogens is 382 g/mol. The molecule has 2 aromatic carbocycles. The number of tetrazole rings is 1. The van der Waals surface area contributed by atoms with E-state index in [1.54, 1.807) is 0 Å². The molecule has 0 unspecified atom stereocenters. The molecule has 0 radical (unpaired) electrons. The van der Waals surface area contributed by atoms with Crippen LogP contribution in [0, 0.1) is 0 Å². The van der Waals surface area contributed by atoms with E-state index in [1.807, 2.05) is 49.4 Å². The zero-order chi connectivity index (χ0) is 20.8. The molecule has 1 aliphatic heterocycles. The Bertz CT molecular complexity index is 1010. The molecule has 154 valence electrons. The summed E-state index contributed by atoms with van der Waals surface area (Å²) >= 11 is 0. The molecule has 1 fully saturated rings. The van der Waals surface area contributed by atoms with Gasteiger partial charge in [0.1, 0.15) is 6.54 Å². The molecule has 0 saturated carbocycles. The second kappa shape index (κ2) is 9.27. The van der Waals surface area contributed by atoms with Gasteiger partial charge in [0.25, 0.3) is 5.91 Å². The minimum absolute atomic E-state index is 0.0629. The average Bonchev–Trinajstić information content (AvgIpc) is 3.27. The van der Waals surface area contributed by atoms with Crippen LogP contribution >= 0.6 is 0 Å². The Hall–Kier alpha value is -3.59. The van der Waals surface area contributed by atoms with Crippen molar-refractivity contribution >= 4 is 17.3 Å². The Morgan fingerprint density at radius 3 is 2.57 bits per heavy atom. The second-order valence-electron chi connectivity index (χ2n) is 6.89. The lowest BCUT2D eigenvalue weighted by Gasteiger charge is -2.28. The molecule has 0 aliphatic carbocycles. The van der Waals surface area contributed by atoms with Gasteiger partial charge in [-0.2, -0.15) is 9.90 Å². The van der Waals surface area contributed by atoms with Gasteiger partial charge in [-0.1, -0.05) is 42.5 Å². The number of amides is 1. The van der Waals surface area contributed by atoms with Crippen LogP contribution in [-0.2, 0) is 16.1 Å². The van der Waals surface area contributed by atoms with Gasteiger partial charge in [0.05, 0.1) is 18.9 Å². The lowest BCUT2D eigenvalue weighted by Crippen LogP contribution is -2.36. The zero-order valence-electron chi connectivity index (χ0n) is 16.7. The van der Waals surface area contributed by atoms with Gasteiger partial charge in [-0.15, -0.1) is 10.2 Å². The van der Waals surface area contributed by atoms with Gasteiger partial charge in [0, 0.05) is 24.3 Å². The molecule has 30 heavy (non-hydrogen) atoms. The van der Waals surface area contributed by atoms with E-state index in [9.17, 15) is 4.79 Å². The van der Waals surface area contributed by atoms with Crippen LogP contribution in [0.1, 0.15) is 12.5 Å². The molecule has 0 atom stereocenters. The van der Waals surface area contributed by atoms with Crippen LogP contribution in [0.2, 0.25) is 0 Å². The summed E-state index contributed by atoms with van der Waals surface area (Å²) in [6.45, 7) is 5.08. The highest BCUT2D eigenvalue weighted by Crippen LogP contribution is 2.17. The second-order valence-corrected chi connectivity index (χ2v) is 6.89. The first-order chi connectivity index (χ1) is 14.7. The van der Waals surface area contributed by atoms with Crippen molar-refractivity contribution in [3.8, 4) is 11.4 Å². The average molecular weight is 405 g/mol. The Balaban J connectivity index is 1.33. The van der Waals surface area contributed by atoms with E-state index >= 15 is 0 Å². The van der Waals surface area contributed by atoms with Crippen LogP contribution in [0.15, 0.2) is 59.7 Å². The SMILES string of the molecule is C/C(=N/NC(=O)Cn1nnc(-c2ccccc2)n1)c1ccc(N2CCOCC2)cc1. The fourth-order valence-electron chi connectivity index (χ4n) is 3.12. The lowest BCUT2D eigenvalue weighted by atomic mass is 10.1. The Kier molecular flexibility index (Phi) is 6.09. The van der Waals surface area contributed by atoms with Gasteiger partial charge < -0.3 is 9.64 Å². The lowest BCUT2D eigenvalue weighted by molar-refractivity contribution is -0.122. The number of nitrogens with one attached hydrogen (secondary N) is 1. The minimum atomic E-state index is -0.323. The number of hydrogen-bond acceptors (Lipinski definition) is 7. The predicted molar refractivity (Wildman–Crippen MR) is 113 cm³/mol. The summed E-state index contributed by atoms with van der Waals surface area (Å²) in [6, 6.07) is 17.6. The summed E-state index contributed by atoms with van der Waals surface area (Å²) in [5, 5.41) is 16.3. The molecule has 4 rings (SSSR count). The molecule has 1 aliphatic rings. The third-order valence-electron chi connectivity index (χ3n) is 4.78. The number of carbonyl (C=O) groups excluding carboxylic acids is 1. The van der Waals surface area contributed by atoms with Crippen LogP contribution in [0.5, 0.6) is 0 Å². The number of hydrogen-bond donors (Lipinski definition) is 1. The molecule has 1 saturated heterocycles. The molecule has 2 heterocycles. The maximum atomic E-state index is 12.2. The minimum Gasteiger partial charge on any atom is -0.378 e. The van der Waals surface area contributed by atoms with E-state index in [0.717, 1.165) is 43.1 Å². The molecule has 1 aromatic heterocycles. The molecule has 0 spiro atoms. The van der Waals surface area contributed by atoms with Gasteiger partial charge in [-0.3, -0.25) is 4.79 Å². The van der Waals surface area contributed by atoms with E-state index in [1.165, 1.54) is 4.80 Å². The molecule has 1 amide bonds. The van der Waals surface area contributed by atoms with Crippen molar-refractivity contribution in [1.29, 1.82) is 0 Å². The standard InChI is InChI=1S/C21H23N7O2/c1-16(17-7-9-19(10-8-17)27-11-13-30-14-12-27)22-23-20(29)15-28-25-21(24-26-28)18-5-3-2-4-6-18/h2-10H,11-15H2,1H3,(H,23,29)/b22-16-. The van der Waals surface area contributed by atoms with Crippen LogP contribution in [-0.4, -0.2) is 58.1 Å². The summed E-state index contributed by atoms with van der Waals surface area (Å²) in [6.07, 6.45) is 0. The van der Waals surface area contributed by atoms with Gasteiger partial charge >= 0.3 is 0 Å². The largest absolute Gasteiger partial charge is 0.378 e. The summed E-state index contributed by atoms with van der Waals surface area (Å²) in [4.78, 5) is 15.7. The van der Waals surface area contributed by atoms with E-state index in [4.69, 9.17) is 4.74 Å². The van der Waals surface area contributed by atoms with Crippen molar-refractivity contribution in [2.75, 3.05) is 31.2 Å². The third-order valence-corrected chi connectivity index (χ3v) is 4.78. The van der Waals surface area contributed by atoms with Crippen molar-refractivity contribution in [3.63, 3.8) is 0 Å². The number of hydrazone groups is 1. The van der Waals surface area contributed by atoms with E-state index in [2.05, 4.69) is 43.0 Å². The molecule has 9 heteroatoms. The van der Waals surface area contributed by atoms with Gasteiger partial charge in [0.15, 0.2) is 0 Å². The monoisotopic (exact) mass is 405 g/mol. The van der Waals surface area contributed by atoms with Crippen LogP contribution in [0.3, 0.4) is 0 Å². The quantitative estimate of drug-likeness (QED) is 0.495. The van der Waals surface area contributed by atoms with Gasteiger partial charge in [-0.05, 0) is 29.8 Å². The third kappa shape index (κ3) is 4.87. The maximum absolute atomic E-state index is 12.2. The number of rotatable bonds is 6. The molecule has 0 bridgehead atoms. The molecule has 1 N–H and O–H groups in total. The first-order valence-electron chi connectivity index (χ1n) is 9.78. The number of anilines is 1. The number of carbonyl (C=O) groups is 1. The highest BCUT2D eigenvalue weighted by molar-refractivity contribution is 5.99. The smallest absolute Gasteiger partial charge is 0.263 e. The summed E-state index contributed by atoms with van der Waals surface area (Å²) in [7, 11) is 0. The van der Waals surface area contributed by atoms with Crippen LogP contribution in [0.4, 0.5) is 5.69 Å². The van der Waals surface area contributed by atoms with E-state index in [0.29, 0.717) is 11.5 Å². The van der Waals surface area contributed by atoms with Gasteiger partial charge in [-0.25, -0.2) is 5.43 Å². The number of aromatic nitrogens is 4. The Morgan fingerprint density at radius 1 is 1.10 bits per heavy atom. The Labute approximate surface area is 174 Å².